The third-order valence-corrected chi connectivity index (χ3v) is 11.9. The van der Waals surface area contributed by atoms with Crippen LogP contribution in [0.2, 0.25) is 17.3 Å². The Labute approximate surface area is 284 Å². The van der Waals surface area contributed by atoms with Crippen LogP contribution in [0.25, 0.3) is 44.6 Å². The van der Waals surface area contributed by atoms with Gasteiger partial charge in [-0.3, -0.25) is 0 Å². The van der Waals surface area contributed by atoms with Gasteiger partial charge in [-0.2, -0.15) is 0 Å². The van der Waals surface area contributed by atoms with E-state index in [9.17, 15) is 0 Å². The van der Waals surface area contributed by atoms with Crippen molar-refractivity contribution in [1.29, 1.82) is 0 Å². The zero-order chi connectivity index (χ0) is 31.7. The van der Waals surface area contributed by atoms with Gasteiger partial charge < -0.3 is 9.40 Å². The quantitative estimate of drug-likeness (QED) is 0.131. The van der Waals surface area contributed by atoms with Crippen LogP contribution in [0, 0.1) is 17.5 Å². The number of hydrogen-bond donors (Lipinski definition) is 0. The molecule has 235 valence electrons. The molecule has 0 aliphatic rings. The topological polar surface area (TPSA) is 51.8 Å². The maximum absolute atomic E-state index is 5.98. The molecule has 0 aliphatic heterocycles. The van der Waals surface area contributed by atoms with E-state index in [1.807, 2.05) is 48.7 Å². The van der Waals surface area contributed by atoms with E-state index in [0.29, 0.717) is 11.1 Å². The fourth-order valence-electron chi connectivity index (χ4n) is 5.39. The monoisotopic (exact) mass is 836 g/mol. The van der Waals surface area contributed by atoms with Crippen LogP contribution in [0.4, 0.5) is 0 Å². The molecule has 0 unspecified atom stereocenters. The van der Waals surface area contributed by atoms with Crippen LogP contribution >= 0.6 is 0 Å². The Kier molecular flexibility index (Phi) is 10.6. The van der Waals surface area contributed by atoms with Gasteiger partial charge in [0.15, 0.2) is 0 Å². The molecule has 6 rings (SSSR count). The third-order valence-electron chi connectivity index (χ3n) is 7.59. The van der Waals surface area contributed by atoms with Crippen molar-refractivity contribution in [3.8, 4) is 22.5 Å². The molecule has 0 N–H and O–H groups in total. The molecule has 0 amide bonds. The summed E-state index contributed by atoms with van der Waals surface area (Å²) >= 11 is -1.90. The van der Waals surface area contributed by atoms with E-state index >= 15 is 0 Å². The number of aromatic nitrogens is 3. The number of hydrogen-bond acceptors (Lipinski definition) is 4. The summed E-state index contributed by atoms with van der Waals surface area (Å²) in [5, 5.41) is 2.06. The minimum absolute atomic E-state index is 0. The Bertz CT molecular complexity index is 1890. The Morgan fingerprint density at radius 3 is 2.20 bits per heavy atom. The Morgan fingerprint density at radius 1 is 0.756 bits per heavy atom. The smallest absolute Gasteiger partial charge is 0.216 e. The van der Waals surface area contributed by atoms with Gasteiger partial charge in [0.25, 0.3) is 0 Å². The van der Waals surface area contributed by atoms with Gasteiger partial charge in [0.1, 0.15) is 0 Å². The van der Waals surface area contributed by atoms with Gasteiger partial charge in [0.2, 0.25) is 5.71 Å². The summed E-state index contributed by atoms with van der Waals surface area (Å²) in [6, 6.07) is 29.0. The van der Waals surface area contributed by atoms with Gasteiger partial charge in [-0.25, -0.2) is 4.98 Å². The van der Waals surface area contributed by atoms with Crippen molar-refractivity contribution in [3.63, 3.8) is 0 Å². The second kappa shape index (κ2) is 13.7. The Balaban J connectivity index is 0.000000201. The van der Waals surface area contributed by atoms with Crippen molar-refractivity contribution in [3.05, 3.63) is 109 Å². The summed E-state index contributed by atoms with van der Waals surface area (Å²) in [7, 11) is 0. The Hall–Kier alpha value is -3.12. The van der Waals surface area contributed by atoms with Gasteiger partial charge >= 0.3 is 132 Å². The van der Waals surface area contributed by atoms with Crippen LogP contribution in [-0.4, -0.2) is 28.2 Å². The van der Waals surface area contributed by atoms with Crippen molar-refractivity contribution in [2.45, 2.75) is 70.6 Å². The van der Waals surface area contributed by atoms with E-state index in [-0.39, 0.29) is 25.5 Å². The predicted molar refractivity (Wildman–Crippen MR) is 187 cm³/mol. The van der Waals surface area contributed by atoms with Gasteiger partial charge in [-0.05, 0) is 34.9 Å². The molecule has 0 fully saturated rings. The standard InChI is InChI=1S/C20H17N2O.C19H26GeN.Ir/c1-20(2,3)13-9-11-21-17(12-13)16-7-4-6-14-15-8-5-10-22-19(15)23-18(14)16;1-19(2,3)13-16-12-18(15-10-8-7-9-11-15)21-14-17(16)20(4,5)6;/h4-6,8-12H,1-3H3;7-10,12,14H,13H2,1-6H3;/q2*-1;. The fraction of sp³-hybridized carbons (Fsp3) is 0.308. The molecule has 0 spiro atoms. The molecule has 6 heteroatoms. The SMILES string of the molecule is CC(C)(C)Cc1cc(-c2[c-]cccc2)nc[c]1[Ge]([CH3])([CH3])[CH3].CC(C)(C)c1ccnc(-c2[c-]ccc3c2oc2ncccc23)c1.[Ir]. The first-order valence-corrected chi connectivity index (χ1v) is 22.7. The van der Waals surface area contributed by atoms with E-state index in [0.717, 1.165) is 45.3 Å². The summed E-state index contributed by atoms with van der Waals surface area (Å²) < 4.78 is 7.51. The second-order valence-corrected chi connectivity index (χ2v) is 25.3. The molecule has 4 heterocycles. The Morgan fingerprint density at radius 2 is 1.53 bits per heavy atom. The van der Waals surface area contributed by atoms with E-state index < -0.39 is 13.3 Å². The van der Waals surface area contributed by atoms with E-state index in [1.54, 1.807) is 6.20 Å². The number of fused-ring (bicyclic) bond motifs is 3. The number of pyridine rings is 3. The molecule has 0 aliphatic carbocycles. The van der Waals surface area contributed by atoms with Crippen molar-refractivity contribution in [2.75, 3.05) is 0 Å². The average molecular weight is 835 g/mol. The molecule has 0 atom stereocenters. The molecular formula is C39H43GeIrN3O-2. The van der Waals surface area contributed by atoms with Gasteiger partial charge in [-0.15, -0.1) is 18.2 Å². The molecule has 45 heavy (non-hydrogen) atoms. The average Bonchev–Trinajstić information content (AvgIpc) is 3.35. The van der Waals surface area contributed by atoms with Crippen LogP contribution in [0.1, 0.15) is 52.7 Å². The molecule has 0 bridgehead atoms. The van der Waals surface area contributed by atoms with Crippen molar-refractivity contribution in [2.24, 2.45) is 5.41 Å². The first-order valence-electron chi connectivity index (χ1n) is 15.3. The molecular weight excluding hydrogens is 791 g/mol. The number of furan rings is 1. The van der Waals surface area contributed by atoms with E-state index in [2.05, 4.69) is 111 Å². The van der Waals surface area contributed by atoms with Crippen LogP contribution < -0.4 is 4.40 Å². The zero-order valence-electron chi connectivity index (χ0n) is 27.9. The molecule has 0 saturated heterocycles. The molecule has 6 aromatic rings. The predicted octanol–water partition coefficient (Wildman–Crippen LogP) is 9.82. The third kappa shape index (κ3) is 8.38. The molecule has 4 aromatic heterocycles. The van der Waals surface area contributed by atoms with Gasteiger partial charge in [0, 0.05) is 37.9 Å². The molecule has 1 radical (unpaired) electrons. The minimum Gasteiger partial charge on any atom is -0.486 e. The maximum Gasteiger partial charge on any atom is 0.216 e. The number of benzene rings is 2. The number of rotatable bonds is 4. The largest absolute Gasteiger partial charge is 0.486 e. The molecule has 4 nitrogen and oxygen atoms in total. The minimum atomic E-state index is -1.90. The first-order chi connectivity index (χ1) is 20.7. The van der Waals surface area contributed by atoms with Crippen LogP contribution in [0.3, 0.4) is 0 Å². The summed E-state index contributed by atoms with van der Waals surface area (Å²) in [5.74, 6) is 7.33. The molecule has 0 saturated carbocycles. The van der Waals surface area contributed by atoms with Crippen LogP contribution in [0.15, 0.2) is 89.7 Å². The zero-order valence-corrected chi connectivity index (χ0v) is 32.4. The van der Waals surface area contributed by atoms with Crippen molar-refractivity contribution in [1.82, 2.24) is 15.0 Å². The van der Waals surface area contributed by atoms with E-state index in [1.165, 1.54) is 15.5 Å². The van der Waals surface area contributed by atoms with Crippen molar-refractivity contribution >= 4 is 39.7 Å². The van der Waals surface area contributed by atoms with Gasteiger partial charge in [-0.1, -0.05) is 37.8 Å². The number of nitrogens with zero attached hydrogens (tertiary/aromatic N) is 3. The summed E-state index contributed by atoms with van der Waals surface area (Å²) in [6.45, 7) is 13.5. The summed E-state index contributed by atoms with van der Waals surface area (Å²) in [5.41, 5.74) is 8.41. The van der Waals surface area contributed by atoms with Gasteiger partial charge in [0.05, 0.1) is 5.58 Å². The van der Waals surface area contributed by atoms with Crippen LogP contribution in [-0.2, 0) is 31.9 Å². The fourth-order valence-corrected chi connectivity index (χ4v) is 8.70. The summed E-state index contributed by atoms with van der Waals surface area (Å²) in [4.78, 5) is 13.6. The molecule has 2 aromatic carbocycles. The maximum atomic E-state index is 5.98. The summed E-state index contributed by atoms with van der Waals surface area (Å²) in [6.07, 6.45) is 6.83. The first kappa shape index (κ1) is 34.7. The van der Waals surface area contributed by atoms with Crippen molar-refractivity contribution < 1.29 is 24.5 Å². The van der Waals surface area contributed by atoms with Crippen LogP contribution in [0.5, 0.6) is 0 Å². The van der Waals surface area contributed by atoms with E-state index in [4.69, 9.17) is 9.40 Å². The normalized spacial score (nSPS) is 12.0. The second-order valence-electron chi connectivity index (χ2n) is 14.7.